The predicted molar refractivity (Wildman–Crippen MR) is 114 cm³/mol. The Morgan fingerprint density at radius 1 is 1.14 bits per heavy atom. The van der Waals surface area contributed by atoms with Gasteiger partial charge in [0.1, 0.15) is 5.65 Å². The van der Waals surface area contributed by atoms with E-state index in [2.05, 4.69) is 37.7 Å². The molecule has 146 valence electrons. The highest BCUT2D eigenvalue weighted by Gasteiger charge is 2.23. The first-order valence-electron chi connectivity index (χ1n) is 9.64. The molecule has 3 aromatic rings. The van der Waals surface area contributed by atoms with Crippen molar-refractivity contribution in [2.75, 3.05) is 18.4 Å². The summed E-state index contributed by atoms with van der Waals surface area (Å²) >= 11 is 3.50. The summed E-state index contributed by atoms with van der Waals surface area (Å²) in [5, 5.41) is 5.91. The van der Waals surface area contributed by atoms with E-state index in [0.29, 0.717) is 12.6 Å². The second-order valence-electron chi connectivity index (χ2n) is 7.17. The summed E-state index contributed by atoms with van der Waals surface area (Å²) < 4.78 is 3.08. The van der Waals surface area contributed by atoms with Gasteiger partial charge in [0.2, 0.25) is 0 Å². The minimum absolute atomic E-state index is 0.158. The zero-order valence-electron chi connectivity index (χ0n) is 15.6. The van der Waals surface area contributed by atoms with Gasteiger partial charge < -0.3 is 15.0 Å². The molecule has 1 aliphatic rings. The average molecular weight is 442 g/mol. The highest BCUT2D eigenvalue weighted by molar-refractivity contribution is 9.10. The molecular formula is C21H24BrN5O. The Morgan fingerprint density at radius 2 is 2.00 bits per heavy atom. The Hall–Kier alpha value is -2.38. The minimum Gasteiger partial charge on any atom is -0.336 e. The van der Waals surface area contributed by atoms with Gasteiger partial charge in [-0.2, -0.15) is 0 Å². The van der Waals surface area contributed by atoms with Gasteiger partial charge in [-0.1, -0.05) is 24.6 Å². The van der Waals surface area contributed by atoms with Gasteiger partial charge in [-0.15, -0.1) is 0 Å². The number of anilines is 1. The highest BCUT2D eigenvalue weighted by atomic mass is 79.9. The fourth-order valence-corrected chi connectivity index (χ4v) is 4.06. The van der Waals surface area contributed by atoms with E-state index in [0.717, 1.165) is 41.0 Å². The van der Waals surface area contributed by atoms with Crippen molar-refractivity contribution >= 4 is 33.3 Å². The molecule has 0 bridgehead atoms. The summed E-state index contributed by atoms with van der Waals surface area (Å²) in [6.07, 6.45) is 7.58. The van der Waals surface area contributed by atoms with Crippen molar-refractivity contribution in [3.63, 3.8) is 0 Å². The number of nitrogens with one attached hydrogen (secondary N) is 2. The van der Waals surface area contributed by atoms with Crippen molar-refractivity contribution in [1.82, 2.24) is 19.6 Å². The fourth-order valence-electron chi connectivity index (χ4n) is 3.71. The number of likely N-dealkylation sites (tertiary alicyclic amines) is 1. The molecule has 2 N–H and O–H groups in total. The van der Waals surface area contributed by atoms with Crippen LogP contribution in [0.2, 0.25) is 0 Å². The molecule has 0 saturated carbocycles. The molecule has 2 amide bonds. The molecule has 1 fully saturated rings. The maximum atomic E-state index is 12.2. The summed E-state index contributed by atoms with van der Waals surface area (Å²) in [6, 6.07) is 13.7. The van der Waals surface area contributed by atoms with Gasteiger partial charge >= 0.3 is 6.03 Å². The molecule has 7 heteroatoms. The number of urea groups is 1. The number of rotatable bonds is 5. The zero-order chi connectivity index (χ0) is 19.3. The van der Waals surface area contributed by atoms with Crippen LogP contribution in [0, 0.1) is 0 Å². The third kappa shape index (κ3) is 4.72. The Labute approximate surface area is 173 Å². The van der Waals surface area contributed by atoms with Crippen molar-refractivity contribution in [1.29, 1.82) is 0 Å². The number of hydrogen-bond acceptors (Lipinski definition) is 3. The lowest BCUT2D eigenvalue weighted by Gasteiger charge is -2.35. The van der Waals surface area contributed by atoms with Gasteiger partial charge in [-0.3, -0.25) is 4.90 Å². The van der Waals surface area contributed by atoms with E-state index in [-0.39, 0.29) is 6.03 Å². The Bertz CT molecular complexity index is 942. The molecule has 2 aromatic heterocycles. The summed E-state index contributed by atoms with van der Waals surface area (Å²) in [7, 11) is 0. The third-order valence-electron chi connectivity index (χ3n) is 5.11. The van der Waals surface area contributed by atoms with Gasteiger partial charge in [0.05, 0.1) is 5.69 Å². The number of piperidine rings is 1. The quantitative estimate of drug-likeness (QED) is 0.621. The van der Waals surface area contributed by atoms with Crippen LogP contribution in [0.3, 0.4) is 0 Å². The fraction of sp³-hybridized carbons (Fsp3) is 0.333. The molecule has 6 nitrogen and oxygen atoms in total. The molecular weight excluding hydrogens is 418 g/mol. The standard InChI is InChI=1S/C21H24BrN5O/c22-16-9-10-20-24-18(15-27(20)13-16)14-26-11-5-4-8-19(26)12-23-21(28)25-17-6-2-1-3-7-17/h1-3,6-7,9-10,13,15,19H,4-5,8,11-12,14H2,(H2,23,25,28). The monoisotopic (exact) mass is 441 g/mol. The van der Waals surface area contributed by atoms with E-state index in [4.69, 9.17) is 4.98 Å². The molecule has 0 spiro atoms. The number of pyridine rings is 1. The SMILES string of the molecule is O=C(NCC1CCCCN1Cc1cn2cc(Br)ccc2n1)Nc1ccccc1. The minimum atomic E-state index is -0.158. The number of imidazole rings is 1. The average Bonchev–Trinajstić information content (AvgIpc) is 3.09. The Morgan fingerprint density at radius 3 is 2.86 bits per heavy atom. The Kier molecular flexibility index (Phi) is 5.92. The number of carbonyl (C=O) groups is 1. The molecule has 28 heavy (non-hydrogen) atoms. The van der Waals surface area contributed by atoms with Crippen LogP contribution >= 0.6 is 15.9 Å². The number of amides is 2. The van der Waals surface area contributed by atoms with Gasteiger partial charge in [0.25, 0.3) is 0 Å². The van der Waals surface area contributed by atoms with Crippen molar-refractivity contribution in [2.45, 2.75) is 31.8 Å². The summed E-state index contributed by atoms with van der Waals surface area (Å²) in [5.74, 6) is 0. The van der Waals surface area contributed by atoms with E-state index < -0.39 is 0 Å². The second-order valence-corrected chi connectivity index (χ2v) is 8.08. The molecule has 0 aliphatic carbocycles. The van der Waals surface area contributed by atoms with Gasteiger partial charge in [0.15, 0.2) is 0 Å². The van der Waals surface area contributed by atoms with Gasteiger partial charge in [0, 0.05) is 41.7 Å². The van der Waals surface area contributed by atoms with Crippen LogP contribution in [-0.4, -0.2) is 39.4 Å². The van der Waals surface area contributed by atoms with E-state index in [1.165, 1.54) is 12.8 Å². The number of nitrogens with zero attached hydrogens (tertiary/aromatic N) is 3. The van der Waals surface area contributed by atoms with Gasteiger partial charge in [-0.25, -0.2) is 9.78 Å². The predicted octanol–water partition coefficient (Wildman–Crippen LogP) is 4.27. The zero-order valence-corrected chi connectivity index (χ0v) is 17.2. The van der Waals surface area contributed by atoms with Crippen molar-refractivity contribution in [3.8, 4) is 0 Å². The smallest absolute Gasteiger partial charge is 0.319 e. The number of aromatic nitrogens is 2. The molecule has 0 radical (unpaired) electrons. The summed E-state index contributed by atoms with van der Waals surface area (Å²) in [6.45, 7) is 2.47. The maximum Gasteiger partial charge on any atom is 0.319 e. The van der Waals surface area contributed by atoms with E-state index in [1.807, 2.05) is 53.1 Å². The van der Waals surface area contributed by atoms with Crippen molar-refractivity contribution in [3.05, 3.63) is 65.0 Å². The molecule has 1 atom stereocenters. The first-order valence-corrected chi connectivity index (χ1v) is 10.4. The molecule has 4 rings (SSSR count). The number of benzene rings is 1. The van der Waals surface area contributed by atoms with Crippen LogP contribution < -0.4 is 10.6 Å². The first kappa shape index (κ1) is 19.0. The van der Waals surface area contributed by atoms with Crippen molar-refractivity contribution < 1.29 is 4.79 Å². The summed E-state index contributed by atoms with van der Waals surface area (Å²) in [5.41, 5.74) is 2.81. The topological polar surface area (TPSA) is 61.7 Å². The maximum absolute atomic E-state index is 12.2. The number of halogens is 1. The number of carbonyl (C=O) groups excluding carboxylic acids is 1. The van der Waals surface area contributed by atoms with Crippen LogP contribution in [0.25, 0.3) is 5.65 Å². The highest BCUT2D eigenvalue weighted by Crippen LogP contribution is 2.20. The van der Waals surface area contributed by atoms with Crippen LogP contribution in [0.5, 0.6) is 0 Å². The first-order chi connectivity index (χ1) is 13.7. The van der Waals surface area contributed by atoms with Gasteiger partial charge in [-0.05, 0) is 59.6 Å². The van der Waals surface area contributed by atoms with E-state index in [9.17, 15) is 4.79 Å². The lowest BCUT2D eigenvalue weighted by Crippen LogP contribution is -2.47. The Balaban J connectivity index is 1.36. The molecule has 1 aliphatic heterocycles. The second kappa shape index (κ2) is 8.75. The molecule has 1 saturated heterocycles. The number of hydrogen-bond donors (Lipinski definition) is 2. The van der Waals surface area contributed by atoms with Crippen LogP contribution in [0.4, 0.5) is 10.5 Å². The van der Waals surface area contributed by atoms with Crippen LogP contribution in [-0.2, 0) is 6.54 Å². The third-order valence-corrected chi connectivity index (χ3v) is 5.58. The van der Waals surface area contributed by atoms with E-state index in [1.54, 1.807) is 0 Å². The number of para-hydroxylation sites is 1. The largest absolute Gasteiger partial charge is 0.336 e. The number of fused-ring (bicyclic) bond motifs is 1. The molecule has 3 heterocycles. The summed E-state index contributed by atoms with van der Waals surface area (Å²) in [4.78, 5) is 19.4. The van der Waals surface area contributed by atoms with Crippen LogP contribution in [0.1, 0.15) is 25.0 Å². The van der Waals surface area contributed by atoms with E-state index >= 15 is 0 Å². The van der Waals surface area contributed by atoms with Crippen LogP contribution in [0.15, 0.2) is 59.3 Å². The normalized spacial score (nSPS) is 17.5. The molecule has 1 aromatic carbocycles. The lowest BCUT2D eigenvalue weighted by molar-refractivity contribution is 0.137. The lowest BCUT2D eigenvalue weighted by atomic mass is 10.0. The molecule has 1 unspecified atom stereocenters. The van der Waals surface area contributed by atoms with Crippen molar-refractivity contribution in [2.24, 2.45) is 0 Å².